The number of carbonyl (C=O) groups is 1. The molecule has 5 atom stereocenters. The van der Waals surface area contributed by atoms with E-state index >= 15 is 0 Å². The number of carbonyl (C=O) groups excluding carboxylic acids is 1. The highest BCUT2D eigenvalue weighted by Crippen LogP contribution is 2.40. The highest BCUT2D eigenvalue weighted by atomic mass is 28.4. The molecule has 200 valence electrons. The van der Waals surface area contributed by atoms with Crippen LogP contribution in [0.1, 0.15) is 130 Å². The molecule has 0 aliphatic carbocycles. The van der Waals surface area contributed by atoms with Gasteiger partial charge in [-0.2, -0.15) is 0 Å². The number of hydrogen-bond donors (Lipinski definition) is 0. The minimum absolute atomic E-state index is 0.0693. The molecular formula is C29H56O4Si. The maximum Gasteiger partial charge on any atom is 0.192 e. The lowest BCUT2D eigenvalue weighted by Crippen LogP contribution is -2.47. The average molecular weight is 497 g/mol. The fourth-order valence-corrected chi connectivity index (χ4v) is 6.58. The molecule has 2 aliphatic rings. The molecule has 2 aliphatic heterocycles. The van der Waals surface area contributed by atoms with Gasteiger partial charge < -0.3 is 18.7 Å². The van der Waals surface area contributed by atoms with E-state index in [1.54, 1.807) is 0 Å². The van der Waals surface area contributed by atoms with E-state index in [4.69, 9.17) is 13.9 Å². The van der Waals surface area contributed by atoms with Crippen LogP contribution in [0.5, 0.6) is 0 Å². The second-order valence-electron chi connectivity index (χ2n) is 12.5. The van der Waals surface area contributed by atoms with Gasteiger partial charge in [-0.25, -0.2) is 0 Å². The van der Waals surface area contributed by atoms with E-state index in [0.29, 0.717) is 0 Å². The normalized spacial score (nSPS) is 27.1. The van der Waals surface area contributed by atoms with Crippen molar-refractivity contribution >= 4 is 14.6 Å². The third-order valence-corrected chi connectivity index (χ3v) is 13.0. The molecule has 0 amide bonds. The average Bonchev–Trinajstić information content (AvgIpc) is 3.29. The van der Waals surface area contributed by atoms with Gasteiger partial charge in [0.15, 0.2) is 8.32 Å². The topological polar surface area (TPSA) is 44.8 Å². The quantitative estimate of drug-likeness (QED) is 0.122. The summed E-state index contributed by atoms with van der Waals surface area (Å²) < 4.78 is 19.6. The zero-order chi connectivity index (χ0) is 25.0. The summed E-state index contributed by atoms with van der Waals surface area (Å²) in [6, 6.07) is 0. The Labute approximate surface area is 212 Å². The highest BCUT2D eigenvalue weighted by molar-refractivity contribution is 6.74. The van der Waals surface area contributed by atoms with Crippen LogP contribution < -0.4 is 0 Å². The van der Waals surface area contributed by atoms with Crippen LogP contribution in [0.3, 0.4) is 0 Å². The van der Waals surface area contributed by atoms with Gasteiger partial charge in [0.25, 0.3) is 0 Å². The van der Waals surface area contributed by atoms with Crippen molar-refractivity contribution in [3.05, 3.63) is 0 Å². The molecule has 2 heterocycles. The van der Waals surface area contributed by atoms with Crippen LogP contribution in [-0.2, 0) is 18.7 Å². The molecule has 34 heavy (non-hydrogen) atoms. The Morgan fingerprint density at radius 1 is 0.853 bits per heavy atom. The number of aldehydes is 1. The Balaban J connectivity index is 1.82. The Kier molecular flexibility index (Phi) is 13.3. The molecule has 1 unspecified atom stereocenters. The van der Waals surface area contributed by atoms with E-state index < -0.39 is 8.32 Å². The fraction of sp³-hybridized carbons (Fsp3) is 0.966. The van der Waals surface area contributed by atoms with Crippen LogP contribution in [0.25, 0.3) is 0 Å². The number of unbranched alkanes of at least 4 members (excludes halogenated alkanes) is 9. The summed E-state index contributed by atoms with van der Waals surface area (Å²) in [5.74, 6) is 0. The summed E-state index contributed by atoms with van der Waals surface area (Å²) in [6.45, 7) is 14.0. The van der Waals surface area contributed by atoms with Gasteiger partial charge in [0, 0.05) is 0 Å². The minimum Gasteiger partial charge on any atom is -0.411 e. The van der Waals surface area contributed by atoms with Gasteiger partial charge in [-0.05, 0) is 56.7 Å². The predicted molar refractivity (Wildman–Crippen MR) is 145 cm³/mol. The van der Waals surface area contributed by atoms with Crippen molar-refractivity contribution in [2.45, 2.75) is 179 Å². The molecule has 2 saturated heterocycles. The molecular weight excluding hydrogens is 440 g/mol. The summed E-state index contributed by atoms with van der Waals surface area (Å²) in [5.41, 5.74) is 0. The van der Waals surface area contributed by atoms with Gasteiger partial charge in [0.1, 0.15) is 12.4 Å². The van der Waals surface area contributed by atoms with Crippen molar-refractivity contribution in [3.8, 4) is 0 Å². The molecule has 5 heteroatoms. The lowest BCUT2D eigenvalue weighted by molar-refractivity contribution is -0.146. The second-order valence-corrected chi connectivity index (χ2v) is 17.2. The Bertz CT molecular complexity index is 559. The molecule has 0 radical (unpaired) electrons. The monoisotopic (exact) mass is 496 g/mol. The molecule has 0 bridgehead atoms. The first-order valence-corrected chi connectivity index (χ1v) is 17.5. The molecule has 0 spiro atoms. The fourth-order valence-electron chi connectivity index (χ4n) is 5.20. The Morgan fingerprint density at radius 3 is 2.03 bits per heavy atom. The number of ether oxygens (including phenoxy) is 2. The Morgan fingerprint density at radius 2 is 1.44 bits per heavy atom. The predicted octanol–water partition coefficient (Wildman–Crippen LogP) is 8.37. The van der Waals surface area contributed by atoms with E-state index in [9.17, 15) is 4.79 Å². The van der Waals surface area contributed by atoms with E-state index in [1.807, 2.05) is 0 Å². The highest BCUT2D eigenvalue weighted by Gasteiger charge is 2.44. The zero-order valence-electron chi connectivity index (χ0n) is 23.4. The van der Waals surface area contributed by atoms with Crippen molar-refractivity contribution in [2.24, 2.45) is 0 Å². The summed E-state index contributed by atoms with van der Waals surface area (Å²) >= 11 is 0. The standard InChI is InChI=1S/C29H56O4Si/c1-7-8-9-10-11-12-13-14-15-16-19-28(33-34(5,6)29(2,3)4)27-22-21-26(32-27)25-20-17-18-24(23-30)31-25/h23-28H,7-22H2,1-6H3/t24?,25-,26+,27+,28+/m0/s1. The minimum atomic E-state index is -1.87. The van der Waals surface area contributed by atoms with E-state index in [0.717, 1.165) is 44.8 Å². The molecule has 2 rings (SSSR count). The van der Waals surface area contributed by atoms with Crippen LogP contribution in [0.2, 0.25) is 18.1 Å². The van der Waals surface area contributed by atoms with Crippen molar-refractivity contribution < 1.29 is 18.7 Å². The maximum absolute atomic E-state index is 11.2. The van der Waals surface area contributed by atoms with Crippen molar-refractivity contribution in [3.63, 3.8) is 0 Å². The number of rotatable bonds is 16. The smallest absolute Gasteiger partial charge is 0.192 e. The van der Waals surface area contributed by atoms with E-state index in [1.165, 1.54) is 64.2 Å². The largest absolute Gasteiger partial charge is 0.411 e. The maximum atomic E-state index is 11.2. The Hall–Kier alpha value is -0.233. The SMILES string of the molecule is CCCCCCCCCCCC[C@@H](O[Si](C)(C)C(C)(C)C)[C@H]1CC[C@H]([C@@H]2CCCC(C=O)O2)O1. The van der Waals surface area contributed by atoms with Crippen molar-refractivity contribution in [1.29, 1.82) is 0 Å². The third kappa shape index (κ3) is 10.0. The van der Waals surface area contributed by atoms with Crippen LogP contribution in [-0.4, -0.2) is 45.1 Å². The molecule has 4 nitrogen and oxygen atoms in total. The molecule has 2 fully saturated rings. The molecule has 0 saturated carbocycles. The van der Waals surface area contributed by atoms with Crippen LogP contribution in [0, 0.1) is 0 Å². The third-order valence-electron chi connectivity index (χ3n) is 8.49. The summed E-state index contributed by atoms with van der Waals surface area (Å²) in [6.07, 6.45) is 20.9. The van der Waals surface area contributed by atoms with Gasteiger partial charge >= 0.3 is 0 Å². The second kappa shape index (κ2) is 15.1. The van der Waals surface area contributed by atoms with Gasteiger partial charge in [0.2, 0.25) is 0 Å². The van der Waals surface area contributed by atoms with Crippen LogP contribution in [0.4, 0.5) is 0 Å². The van der Waals surface area contributed by atoms with Gasteiger partial charge in [-0.3, -0.25) is 0 Å². The van der Waals surface area contributed by atoms with Crippen LogP contribution >= 0.6 is 0 Å². The molecule has 0 aromatic heterocycles. The van der Waals surface area contributed by atoms with Crippen molar-refractivity contribution in [1.82, 2.24) is 0 Å². The zero-order valence-corrected chi connectivity index (χ0v) is 24.4. The summed E-state index contributed by atoms with van der Waals surface area (Å²) in [4.78, 5) is 11.2. The van der Waals surface area contributed by atoms with Gasteiger partial charge in [-0.15, -0.1) is 0 Å². The molecule has 0 aromatic rings. The molecule has 0 aromatic carbocycles. The van der Waals surface area contributed by atoms with Gasteiger partial charge in [-0.1, -0.05) is 91.9 Å². The number of hydrogen-bond acceptors (Lipinski definition) is 4. The van der Waals surface area contributed by atoms with E-state index in [2.05, 4.69) is 40.8 Å². The first-order valence-electron chi connectivity index (χ1n) is 14.6. The van der Waals surface area contributed by atoms with E-state index in [-0.39, 0.29) is 35.6 Å². The molecule has 0 N–H and O–H groups in total. The summed E-state index contributed by atoms with van der Waals surface area (Å²) in [7, 11) is -1.87. The van der Waals surface area contributed by atoms with Crippen LogP contribution in [0.15, 0.2) is 0 Å². The van der Waals surface area contributed by atoms with Gasteiger partial charge in [0.05, 0.1) is 24.4 Å². The summed E-state index contributed by atoms with van der Waals surface area (Å²) in [5, 5.41) is 0.199. The lowest BCUT2D eigenvalue weighted by atomic mass is 9.98. The first kappa shape index (κ1) is 30.0. The van der Waals surface area contributed by atoms with Crippen molar-refractivity contribution in [2.75, 3.05) is 0 Å². The lowest BCUT2D eigenvalue weighted by Gasteiger charge is -2.41. The first-order chi connectivity index (χ1) is 16.2.